The maximum Gasteiger partial charge on any atom is 0.0954 e. The second-order valence-corrected chi connectivity index (χ2v) is 4.83. The van der Waals surface area contributed by atoms with E-state index >= 15 is 0 Å². The first-order valence-electron chi connectivity index (χ1n) is 6.51. The summed E-state index contributed by atoms with van der Waals surface area (Å²) in [6.07, 6.45) is 1.98. The summed E-state index contributed by atoms with van der Waals surface area (Å²) in [5, 5.41) is 0. The number of nitrogens with zero attached hydrogens (tertiary/aromatic N) is 2. The van der Waals surface area contributed by atoms with Gasteiger partial charge in [-0.15, -0.1) is 0 Å². The van der Waals surface area contributed by atoms with Gasteiger partial charge in [-0.3, -0.25) is 0 Å². The molecule has 2 heteroatoms. The summed E-state index contributed by atoms with van der Waals surface area (Å²) in [7, 11) is 0. The molecular formula is C14H28N2. The molecule has 1 aromatic rings. The van der Waals surface area contributed by atoms with E-state index in [4.69, 9.17) is 0 Å². The lowest BCUT2D eigenvalue weighted by atomic mass is 10.0. The second kappa shape index (κ2) is 6.72. The average Bonchev–Trinajstić information content (AvgIpc) is 2.64. The van der Waals surface area contributed by atoms with Crippen LogP contribution in [0.3, 0.4) is 0 Å². The van der Waals surface area contributed by atoms with E-state index in [9.17, 15) is 0 Å². The number of hydrogen-bond acceptors (Lipinski definition) is 1. The molecule has 0 radical (unpaired) electrons. The van der Waals surface area contributed by atoms with Crippen LogP contribution in [0.15, 0.2) is 6.33 Å². The summed E-state index contributed by atoms with van der Waals surface area (Å²) in [6.45, 7) is 17.3. The molecule has 1 heterocycles. The van der Waals surface area contributed by atoms with Gasteiger partial charge in [-0.2, -0.15) is 0 Å². The van der Waals surface area contributed by atoms with Crippen LogP contribution >= 0.6 is 0 Å². The second-order valence-electron chi connectivity index (χ2n) is 4.83. The van der Waals surface area contributed by atoms with Crippen LogP contribution in [0.1, 0.15) is 84.7 Å². The van der Waals surface area contributed by atoms with Gasteiger partial charge in [-0.05, 0) is 25.7 Å². The molecule has 0 amide bonds. The standard InChI is InChI=1S/C12H22N2.C2H6/c1-8(2)11-12(9(3)4)14(7-13-11)10(5)6;1-2/h7-10H,1-6H3;1-2H3. The van der Waals surface area contributed by atoms with Crippen LogP contribution in [-0.2, 0) is 0 Å². The van der Waals surface area contributed by atoms with E-state index in [0.717, 1.165) is 0 Å². The monoisotopic (exact) mass is 224 g/mol. The van der Waals surface area contributed by atoms with E-state index in [1.165, 1.54) is 11.4 Å². The highest BCUT2D eigenvalue weighted by Gasteiger charge is 2.17. The third kappa shape index (κ3) is 3.36. The molecule has 16 heavy (non-hydrogen) atoms. The number of aromatic nitrogens is 2. The summed E-state index contributed by atoms with van der Waals surface area (Å²) < 4.78 is 2.29. The Bertz CT molecular complexity index is 270. The predicted octanol–water partition coefficient (Wildman–Crippen LogP) is 4.74. The van der Waals surface area contributed by atoms with Crippen LogP contribution in [0.5, 0.6) is 0 Å². The van der Waals surface area contributed by atoms with E-state index in [2.05, 4.69) is 51.1 Å². The van der Waals surface area contributed by atoms with Crippen LogP contribution in [0.25, 0.3) is 0 Å². The Labute approximate surface area is 101 Å². The average molecular weight is 224 g/mol. The lowest BCUT2D eigenvalue weighted by molar-refractivity contribution is 0.553. The highest BCUT2D eigenvalue weighted by Crippen LogP contribution is 2.27. The Morgan fingerprint density at radius 1 is 0.938 bits per heavy atom. The predicted molar refractivity (Wildman–Crippen MR) is 72.1 cm³/mol. The lowest BCUT2D eigenvalue weighted by Crippen LogP contribution is -2.08. The van der Waals surface area contributed by atoms with Crippen LogP contribution in [0.4, 0.5) is 0 Å². The maximum absolute atomic E-state index is 4.52. The molecule has 0 aliphatic carbocycles. The quantitative estimate of drug-likeness (QED) is 0.725. The minimum atomic E-state index is 0.507. The lowest BCUT2D eigenvalue weighted by Gasteiger charge is -2.17. The zero-order valence-corrected chi connectivity index (χ0v) is 12.2. The Hall–Kier alpha value is -0.790. The van der Waals surface area contributed by atoms with Gasteiger partial charge in [0.25, 0.3) is 0 Å². The van der Waals surface area contributed by atoms with E-state index in [1.807, 2.05) is 20.2 Å². The molecule has 0 aliphatic rings. The number of imidazole rings is 1. The zero-order chi connectivity index (χ0) is 12.9. The largest absolute Gasteiger partial charge is 0.332 e. The first-order chi connectivity index (χ1) is 7.45. The third-order valence-electron chi connectivity index (χ3n) is 2.51. The fraction of sp³-hybridized carbons (Fsp3) is 0.786. The highest BCUT2D eigenvalue weighted by molar-refractivity contribution is 5.20. The van der Waals surface area contributed by atoms with Crippen LogP contribution in [-0.4, -0.2) is 9.55 Å². The SMILES string of the molecule is CC.CC(C)c1ncn(C(C)C)c1C(C)C. The molecule has 1 aromatic heterocycles. The fourth-order valence-corrected chi connectivity index (χ4v) is 1.84. The summed E-state index contributed by atoms with van der Waals surface area (Å²) in [6, 6.07) is 0.507. The number of rotatable bonds is 3. The summed E-state index contributed by atoms with van der Waals surface area (Å²) in [4.78, 5) is 4.52. The van der Waals surface area contributed by atoms with E-state index in [-0.39, 0.29) is 0 Å². The molecule has 0 saturated heterocycles. The van der Waals surface area contributed by atoms with Crippen molar-refractivity contribution in [3.8, 4) is 0 Å². The van der Waals surface area contributed by atoms with Crippen molar-refractivity contribution in [3.63, 3.8) is 0 Å². The summed E-state index contributed by atoms with van der Waals surface area (Å²) >= 11 is 0. The zero-order valence-electron chi connectivity index (χ0n) is 12.2. The van der Waals surface area contributed by atoms with Gasteiger partial charge in [-0.25, -0.2) is 4.98 Å². The Morgan fingerprint density at radius 3 is 1.75 bits per heavy atom. The van der Waals surface area contributed by atoms with Crippen molar-refractivity contribution in [1.82, 2.24) is 9.55 Å². The molecule has 0 spiro atoms. The number of hydrogen-bond donors (Lipinski definition) is 0. The molecule has 0 aromatic carbocycles. The normalized spacial score (nSPS) is 10.9. The Kier molecular flexibility index (Phi) is 6.39. The molecule has 0 bridgehead atoms. The van der Waals surface area contributed by atoms with Gasteiger partial charge in [0.2, 0.25) is 0 Å². The van der Waals surface area contributed by atoms with Crippen molar-refractivity contribution in [2.75, 3.05) is 0 Å². The van der Waals surface area contributed by atoms with E-state index in [0.29, 0.717) is 17.9 Å². The van der Waals surface area contributed by atoms with Crippen molar-refractivity contribution < 1.29 is 0 Å². The first kappa shape index (κ1) is 15.2. The third-order valence-corrected chi connectivity index (χ3v) is 2.51. The Balaban J connectivity index is 0.00000106. The van der Waals surface area contributed by atoms with Crippen LogP contribution < -0.4 is 0 Å². The van der Waals surface area contributed by atoms with E-state index < -0.39 is 0 Å². The molecule has 0 aliphatic heterocycles. The molecule has 0 atom stereocenters. The van der Waals surface area contributed by atoms with Crippen molar-refractivity contribution in [2.45, 2.75) is 73.3 Å². The molecule has 0 N–H and O–H groups in total. The first-order valence-corrected chi connectivity index (χ1v) is 6.51. The summed E-state index contributed by atoms with van der Waals surface area (Å²) in [5.74, 6) is 1.07. The molecule has 0 unspecified atom stereocenters. The van der Waals surface area contributed by atoms with Crippen LogP contribution in [0, 0.1) is 0 Å². The molecule has 0 saturated carbocycles. The van der Waals surface area contributed by atoms with Gasteiger partial charge in [0.15, 0.2) is 0 Å². The minimum absolute atomic E-state index is 0.507. The molecule has 2 nitrogen and oxygen atoms in total. The van der Waals surface area contributed by atoms with Gasteiger partial charge >= 0.3 is 0 Å². The van der Waals surface area contributed by atoms with Crippen molar-refractivity contribution in [1.29, 1.82) is 0 Å². The van der Waals surface area contributed by atoms with Gasteiger partial charge in [0.1, 0.15) is 0 Å². The molecule has 1 rings (SSSR count). The van der Waals surface area contributed by atoms with Gasteiger partial charge in [0, 0.05) is 11.7 Å². The molecule has 0 fully saturated rings. The highest BCUT2D eigenvalue weighted by atomic mass is 15.1. The fourth-order valence-electron chi connectivity index (χ4n) is 1.84. The Morgan fingerprint density at radius 2 is 1.44 bits per heavy atom. The van der Waals surface area contributed by atoms with Crippen molar-refractivity contribution in [2.24, 2.45) is 0 Å². The van der Waals surface area contributed by atoms with Gasteiger partial charge in [0.05, 0.1) is 12.0 Å². The summed E-state index contributed by atoms with van der Waals surface area (Å²) in [5.41, 5.74) is 2.66. The minimum Gasteiger partial charge on any atom is -0.332 e. The molecule has 94 valence electrons. The maximum atomic E-state index is 4.52. The van der Waals surface area contributed by atoms with E-state index in [1.54, 1.807) is 0 Å². The van der Waals surface area contributed by atoms with Crippen molar-refractivity contribution in [3.05, 3.63) is 17.7 Å². The van der Waals surface area contributed by atoms with Crippen LogP contribution in [0.2, 0.25) is 0 Å². The topological polar surface area (TPSA) is 17.8 Å². The van der Waals surface area contributed by atoms with Gasteiger partial charge < -0.3 is 4.57 Å². The molecular weight excluding hydrogens is 196 g/mol. The van der Waals surface area contributed by atoms with Gasteiger partial charge in [-0.1, -0.05) is 41.5 Å². The van der Waals surface area contributed by atoms with Crippen molar-refractivity contribution >= 4 is 0 Å². The smallest absolute Gasteiger partial charge is 0.0954 e.